The van der Waals surface area contributed by atoms with Crippen LogP contribution in [-0.2, 0) is 11.3 Å². The summed E-state index contributed by atoms with van der Waals surface area (Å²) in [6, 6.07) is 12.9. The van der Waals surface area contributed by atoms with Crippen molar-refractivity contribution in [3.05, 3.63) is 66.4 Å². The number of nitrogens with one attached hydrogen (secondary N) is 1. The fraction of sp³-hybridized carbons (Fsp3) is 0.158. The summed E-state index contributed by atoms with van der Waals surface area (Å²) >= 11 is 4.42. The average Bonchev–Trinajstić information content (AvgIpc) is 2.86. The van der Waals surface area contributed by atoms with Crippen LogP contribution in [0.5, 0.6) is 5.75 Å². The molecule has 3 amide bonds. The van der Waals surface area contributed by atoms with E-state index in [9.17, 15) is 9.59 Å². The molecule has 1 aliphatic heterocycles. The van der Waals surface area contributed by atoms with E-state index in [1.54, 1.807) is 6.08 Å². The molecule has 3 rings (SSSR count). The molecule has 0 saturated carbocycles. The third-order valence-electron chi connectivity index (χ3n) is 3.77. The molecule has 1 heterocycles. The lowest BCUT2D eigenvalue weighted by molar-refractivity contribution is -0.123. The lowest BCUT2D eigenvalue weighted by Crippen LogP contribution is -2.30. The number of halogens is 2. The highest BCUT2D eigenvalue weighted by molar-refractivity contribution is 14.1. The van der Waals surface area contributed by atoms with E-state index in [1.165, 1.54) is 4.90 Å². The van der Waals surface area contributed by atoms with Gasteiger partial charge in [-0.3, -0.25) is 9.69 Å². The molecule has 2 aromatic carbocycles. The maximum atomic E-state index is 12.6. The van der Waals surface area contributed by atoms with E-state index < -0.39 is 6.03 Å². The van der Waals surface area contributed by atoms with Gasteiger partial charge in [0, 0.05) is 0 Å². The average molecular weight is 574 g/mol. The molecule has 1 fully saturated rings. The molecule has 5 nitrogen and oxygen atoms in total. The van der Waals surface area contributed by atoms with Gasteiger partial charge in [-0.25, -0.2) is 4.79 Å². The molecule has 0 aliphatic carbocycles. The van der Waals surface area contributed by atoms with Gasteiger partial charge < -0.3 is 10.1 Å². The molecule has 0 aromatic heterocycles. The minimum Gasteiger partial charge on any atom is -0.492 e. The lowest BCUT2D eigenvalue weighted by atomic mass is 10.1. The monoisotopic (exact) mass is 574 g/mol. The van der Waals surface area contributed by atoms with Gasteiger partial charge in [-0.1, -0.05) is 30.3 Å². The Morgan fingerprint density at radius 2 is 1.77 bits per heavy atom. The molecule has 0 radical (unpaired) electrons. The number of nitrogens with zero attached hydrogens (tertiary/aromatic N) is 1. The van der Waals surface area contributed by atoms with Crippen molar-refractivity contribution in [2.45, 2.75) is 13.5 Å². The Morgan fingerprint density at radius 3 is 2.38 bits per heavy atom. The number of imide groups is 1. The molecule has 1 saturated heterocycles. The summed E-state index contributed by atoms with van der Waals surface area (Å²) in [5.41, 5.74) is 2.02. The minimum absolute atomic E-state index is 0.251. The smallest absolute Gasteiger partial charge is 0.329 e. The maximum Gasteiger partial charge on any atom is 0.329 e. The summed E-state index contributed by atoms with van der Waals surface area (Å²) in [6.45, 7) is 2.78. The Hall–Kier alpha value is -1.62. The Morgan fingerprint density at radius 1 is 1.12 bits per heavy atom. The van der Waals surface area contributed by atoms with Crippen LogP contribution in [0.2, 0.25) is 0 Å². The molecule has 1 aliphatic rings. The van der Waals surface area contributed by atoms with Crippen molar-refractivity contribution in [3.63, 3.8) is 0 Å². The molecule has 26 heavy (non-hydrogen) atoms. The van der Waals surface area contributed by atoms with Crippen LogP contribution in [-0.4, -0.2) is 23.4 Å². The number of carbonyl (C=O) groups is 2. The molecule has 1 N–H and O–H groups in total. The van der Waals surface area contributed by atoms with Gasteiger partial charge in [0.15, 0.2) is 0 Å². The van der Waals surface area contributed by atoms with Crippen molar-refractivity contribution >= 4 is 63.2 Å². The quantitative estimate of drug-likeness (QED) is 0.328. The minimum atomic E-state index is -0.402. The second kappa shape index (κ2) is 8.38. The first-order chi connectivity index (χ1) is 12.5. The van der Waals surface area contributed by atoms with Crippen molar-refractivity contribution in [2.75, 3.05) is 6.61 Å². The highest BCUT2D eigenvalue weighted by Gasteiger charge is 2.33. The maximum absolute atomic E-state index is 12.6. The summed E-state index contributed by atoms with van der Waals surface area (Å²) in [5, 5.41) is 2.66. The predicted molar refractivity (Wildman–Crippen MR) is 117 cm³/mol. The van der Waals surface area contributed by atoms with Gasteiger partial charge in [0.25, 0.3) is 5.91 Å². The van der Waals surface area contributed by atoms with Gasteiger partial charge in [0.05, 0.1) is 20.3 Å². The van der Waals surface area contributed by atoms with E-state index in [-0.39, 0.29) is 18.1 Å². The van der Waals surface area contributed by atoms with Crippen molar-refractivity contribution < 1.29 is 14.3 Å². The van der Waals surface area contributed by atoms with E-state index in [0.29, 0.717) is 6.61 Å². The summed E-state index contributed by atoms with van der Waals surface area (Å²) in [6.07, 6.45) is 1.70. The van der Waals surface area contributed by atoms with Crippen LogP contribution in [0.4, 0.5) is 4.79 Å². The van der Waals surface area contributed by atoms with Gasteiger partial charge in [0.2, 0.25) is 0 Å². The van der Waals surface area contributed by atoms with Crippen molar-refractivity contribution in [1.29, 1.82) is 0 Å². The van der Waals surface area contributed by atoms with Crippen LogP contribution in [0, 0.1) is 7.14 Å². The molecule has 2 aromatic rings. The largest absolute Gasteiger partial charge is 0.492 e. The van der Waals surface area contributed by atoms with Crippen LogP contribution < -0.4 is 10.1 Å². The fourth-order valence-corrected chi connectivity index (χ4v) is 4.72. The zero-order chi connectivity index (χ0) is 18.7. The van der Waals surface area contributed by atoms with Crippen molar-refractivity contribution in [1.82, 2.24) is 10.2 Å². The van der Waals surface area contributed by atoms with Crippen LogP contribution in [0.1, 0.15) is 18.1 Å². The van der Waals surface area contributed by atoms with Crippen LogP contribution >= 0.6 is 45.2 Å². The van der Waals surface area contributed by atoms with Gasteiger partial charge in [-0.05, 0) is 81.4 Å². The Labute approximate surface area is 179 Å². The van der Waals surface area contributed by atoms with E-state index >= 15 is 0 Å². The number of benzene rings is 2. The Balaban J connectivity index is 1.84. The third-order valence-corrected chi connectivity index (χ3v) is 5.37. The zero-order valence-corrected chi connectivity index (χ0v) is 18.3. The van der Waals surface area contributed by atoms with E-state index in [2.05, 4.69) is 50.5 Å². The Bertz CT molecular complexity index is 859. The number of hydrogen-bond donors (Lipinski definition) is 1. The van der Waals surface area contributed by atoms with E-state index in [4.69, 9.17) is 4.74 Å². The molecule has 7 heteroatoms. The molecular weight excluding hydrogens is 558 g/mol. The molecule has 0 atom stereocenters. The lowest BCUT2D eigenvalue weighted by Gasteiger charge is -2.11. The first-order valence-electron chi connectivity index (χ1n) is 8.00. The molecule has 0 spiro atoms. The summed E-state index contributed by atoms with van der Waals surface area (Å²) in [4.78, 5) is 26.0. The predicted octanol–water partition coefficient (Wildman–Crippen LogP) is 4.39. The standard InChI is InChI=1S/C19H16I2N2O3/c1-2-26-17-14(20)8-13(9-15(17)21)10-16-18(24)23(19(25)22-16)11-12-6-4-3-5-7-12/h3-10H,2,11H2,1H3,(H,22,25)/b16-10+. The highest BCUT2D eigenvalue weighted by Crippen LogP contribution is 2.30. The fourth-order valence-electron chi connectivity index (χ4n) is 2.59. The van der Waals surface area contributed by atoms with Crippen LogP contribution in [0.15, 0.2) is 48.2 Å². The van der Waals surface area contributed by atoms with E-state index in [0.717, 1.165) is 24.0 Å². The molecular formula is C19H16I2N2O3. The van der Waals surface area contributed by atoms with Gasteiger partial charge in [-0.2, -0.15) is 0 Å². The third kappa shape index (κ3) is 4.20. The summed E-state index contributed by atoms with van der Waals surface area (Å²) in [5.74, 6) is 0.515. The summed E-state index contributed by atoms with van der Waals surface area (Å²) < 4.78 is 7.55. The number of ether oxygens (including phenoxy) is 1. The van der Waals surface area contributed by atoms with E-state index in [1.807, 2.05) is 49.4 Å². The van der Waals surface area contributed by atoms with Gasteiger partial charge in [-0.15, -0.1) is 0 Å². The number of carbonyl (C=O) groups excluding carboxylic acids is 2. The SMILES string of the molecule is CCOc1c(I)cc(/C=C2/NC(=O)N(Cc3ccccc3)C2=O)cc1I. The molecule has 0 bridgehead atoms. The van der Waals surface area contributed by atoms with Crippen molar-refractivity contribution in [2.24, 2.45) is 0 Å². The zero-order valence-electron chi connectivity index (χ0n) is 14.0. The number of hydrogen-bond acceptors (Lipinski definition) is 3. The Kier molecular flexibility index (Phi) is 6.17. The number of amides is 3. The van der Waals surface area contributed by atoms with Crippen LogP contribution in [0.3, 0.4) is 0 Å². The summed E-state index contributed by atoms with van der Waals surface area (Å²) in [7, 11) is 0. The number of rotatable bonds is 5. The molecule has 0 unspecified atom stereocenters. The van der Waals surface area contributed by atoms with Crippen molar-refractivity contribution in [3.8, 4) is 5.75 Å². The molecule has 134 valence electrons. The second-order valence-corrected chi connectivity index (χ2v) is 7.94. The first kappa shape index (κ1) is 19.2. The first-order valence-corrected chi connectivity index (χ1v) is 10.2. The normalized spacial score (nSPS) is 15.5. The number of urea groups is 1. The van der Waals surface area contributed by atoms with Crippen LogP contribution in [0.25, 0.3) is 6.08 Å². The topological polar surface area (TPSA) is 58.6 Å². The van der Waals surface area contributed by atoms with Gasteiger partial charge in [0.1, 0.15) is 11.4 Å². The second-order valence-electron chi connectivity index (χ2n) is 5.61. The highest BCUT2D eigenvalue weighted by atomic mass is 127. The van der Waals surface area contributed by atoms with Gasteiger partial charge >= 0.3 is 6.03 Å².